The monoisotopic (exact) mass is 229 g/mol. The van der Waals surface area contributed by atoms with Crippen LogP contribution in [0, 0.1) is 0 Å². The van der Waals surface area contributed by atoms with Crippen molar-refractivity contribution in [1.29, 1.82) is 0 Å². The van der Waals surface area contributed by atoms with Crippen LogP contribution >= 0.6 is 0 Å². The van der Waals surface area contributed by atoms with Crippen molar-refractivity contribution < 1.29 is 82.3 Å². The quantitative estimate of drug-likeness (QED) is 0.388. The van der Waals surface area contributed by atoms with Gasteiger partial charge in [0.15, 0.2) is 0 Å². The van der Waals surface area contributed by atoms with Crippen molar-refractivity contribution in [1.82, 2.24) is 0 Å². The van der Waals surface area contributed by atoms with Crippen LogP contribution in [0.3, 0.4) is 0 Å². The molecule has 0 radical (unpaired) electrons. The summed E-state index contributed by atoms with van der Waals surface area (Å²) in [5, 5.41) is 0. The molecule has 5 heteroatoms. The molecule has 0 nitrogen and oxygen atoms in total. The van der Waals surface area contributed by atoms with Gasteiger partial charge in [0, 0.05) is 0 Å². The molecule has 0 N–H and O–H groups in total. The van der Waals surface area contributed by atoms with Gasteiger partial charge in [-0.2, -0.15) is 0 Å². The van der Waals surface area contributed by atoms with Crippen molar-refractivity contribution in [3.8, 4) is 0 Å². The molecule has 0 rings (SSSR count). The summed E-state index contributed by atoms with van der Waals surface area (Å²) in [5.41, 5.74) is 0. The minimum Gasteiger partial charge on any atom is -1.00 e. The summed E-state index contributed by atoms with van der Waals surface area (Å²) < 4.78 is 0. The summed E-state index contributed by atoms with van der Waals surface area (Å²) in [4.78, 5) is 0. The van der Waals surface area contributed by atoms with Gasteiger partial charge in [-0.1, -0.05) is 0 Å². The molecule has 0 fully saturated rings. The summed E-state index contributed by atoms with van der Waals surface area (Å²) in [6.45, 7) is 0. The summed E-state index contributed by atoms with van der Waals surface area (Å²) in [6.07, 6.45) is 0. The molecule has 0 aromatic rings. The van der Waals surface area contributed by atoms with E-state index in [1.807, 2.05) is 0 Å². The second-order valence-electron chi connectivity index (χ2n) is 0. The zero-order valence-electron chi connectivity index (χ0n) is 2.09. The summed E-state index contributed by atoms with van der Waals surface area (Å²) in [6, 6.07) is 0. The maximum absolute atomic E-state index is 0. The molecule has 0 saturated carbocycles. The maximum Gasteiger partial charge on any atom is 3.00 e. The Labute approximate surface area is 81.4 Å². The molecule has 0 aromatic carbocycles. The SMILES string of the molecule is [Cl-].[Cl-].[Cl-].[Cl-].[Y+3]. The van der Waals surface area contributed by atoms with Crippen molar-refractivity contribution >= 4 is 0 Å². The average Bonchev–Trinajstić information content (AvgIpc) is 0. The molecule has 0 aliphatic carbocycles. The van der Waals surface area contributed by atoms with Crippen LogP contribution in [0.5, 0.6) is 0 Å². The van der Waals surface area contributed by atoms with Crippen LogP contribution < -0.4 is 49.6 Å². The Morgan fingerprint density at radius 1 is 0.400 bits per heavy atom. The molecule has 0 aromatic heterocycles. The van der Waals surface area contributed by atoms with Gasteiger partial charge in [0.2, 0.25) is 0 Å². The third-order valence-electron chi connectivity index (χ3n) is 0. The van der Waals surface area contributed by atoms with Gasteiger partial charge in [-0.05, 0) is 0 Å². The summed E-state index contributed by atoms with van der Waals surface area (Å²) in [7, 11) is 0. The van der Waals surface area contributed by atoms with E-state index < -0.39 is 0 Å². The second-order valence-corrected chi connectivity index (χ2v) is 0. The molecule has 0 heterocycles. The van der Waals surface area contributed by atoms with Gasteiger partial charge in [-0.3, -0.25) is 0 Å². The molecule has 0 unspecified atom stereocenters. The topological polar surface area (TPSA) is 0 Å². The van der Waals surface area contributed by atoms with Crippen molar-refractivity contribution in [2.24, 2.45) is 0 Å². The average molecular weight is 231 g/mol. The Hall–Kier alpha value is 2.26. The second kappa shape index (κ2) is 33.9. The summed E-state index contributed by atoms with van der Waals surface area (Å²) in [5.74, 6) is 0. The molecule has 5 heavy (non-hydrogen) atoms. The fourth-order valence-corrected chi connectivity index (χ4v) is 0. The Morgan fingerprint density at radius 3 is 0.400 bits per heavy atom. The number of halogens is 4. The third kappa shape index (κ3) is 22.2. The Balaban J connectivity index is 0. The molecular weight excluding hydrogens is 231 g/mol. The first-order valence-corrected chi connectivity index (χ1v) is 0. The Bertz CT molecular complexity index is 3.61. The normalized spacial score (nSPS) is 0. The van der Waals surface area contributed by atoms with E-state index >= 15 is 0 Å². The van der Waals surface area contributed by atoms with Gasteiger partial charge in [0.05, 0.1) is 0 Å². The first-order valence-electron chi connectivity index (χ1n) is 0. The van der Waals surface area contributed by atoms with Gasteiger partial charge in [-0.15, -0.1) is 0 Å². The first kappa shape index (κ1) is 55.6. The van der Waals surface area contributed by atoms with E-state index in [0.717, 1.165) is 0 Å². The van der Waals surface area contributed by atoms with Gasteiger partial charge in [-0.25, -0.2) is 0 Å². The van der Waals surface area contributed by atoms with Crippen LogP contribution in [0.1, 0.15) is 0 Å². The zero-order valence-corrected chi connectivity index (χ0v) is 7.95. The molecule has 0 aliphatic rings. The number of rotatable bonds is 0. The minimum atomic E-state index is 0. The van der Waals surface area contributed by atoms with E-state index in [0.29, 0.717) is 0 Å². The van der Waals surface area contributed by atoms with Crippen molar-refractivity contribution in [3.63, 3.8) is 0 Å². The molecule has 0 spiro atoms. The van der Waals surface area contributed by atoms with E-state index in [-0.39, 0.29) is 82.3 Å². The molecule has 0 atom stereocenters. The van der Waals surface area contributed by atoms with E-state index in [2.05, 4.69) is 0 Å². The van der Waals surface area contributed by atoms with Crippen LogP contribution in [0.4, 0.5) is 0 Å². The van der Waals surface area contributed by atoms with Crippen LogP contribution in [0.2, 0.25) is 0 Å². The number of hydrogen-bond acceptors (Lipinski definition) is 0. The summed E-state index contributed by atoms with van der Waals surface area (Å²) >= 11 is 0. The molecular formula is Cl4Y-. The fraction of sp³-hybridized carbons (Fsp3) is 0. The van der Waals surface area contributed by atoms with E-state index in [1.54, 1.807) is 0 Å². The van der Waals surface area contributed by atoms with Crippen LogP contribution in [0.25, 0.3) is 0 Å². The minimum absolute atomic E-state index is 0. The third-order valence-corrected chi connectivity index (χ3v) is 0. The molecule has 0 amide bonds. The van der Waals surface area contributed by atoms with Gasteiger partial charge >= 0.3 is 32.7 Å². The van der Waals surface area contributed by atoms with Gasteiger partial charge < -0.3 is 49.6 Å². The zero-order chi connectivity index (χ0) is 0. The van der Waals surface area contributed by atoms with Gasteiger partial charge in [0.1, 0.15) is 0 Å². The standard InChI is InChI=1S/4ClH.Y/h4*1H;/q;;;;+3/p-4. The van der Waals surface area contributed by atoms with Crippen LogP contribution in [-0.2, 0) is 32.7 Å². The Kier molecular flexibility index (Phi) is 377. The molecule has 0 aliphatic heterocycles. The van der Waals surface area contributed by atoms with Crippen LogP contribution in [-0.4, -0.2) is 0 Å². The van der Waals surface area contributed by atoms with Crippen molar-refractivity contribution in [2.45, 2.75) is 0 Å². The van der Waals surface area contributed by atoms with Crippen molar-refractivity contribution in [3.05, 3.63) is 0 Å². The first-order chi connectivity index (χ1) is 0. The number of hydrogen-bond donors (Lipinski definition) is 0. The Morgan fingerprint density at radius 2 is 0.400 bits per heavy atom. The van der Waals surface area contributed by atoms with Gasteiger partial charge in [0.25, 0.3) is 0 Å². The fourth-order valence-electron chi connectivity index (χ4n) is 0. The maximum atomic E-state index is 0. The van der Waals surface area contributed by atoms with E-state index in [4.69, 9.17) is 0 Å². The predicted molar refractivity (Wildman–Crippen MR) is 0 cm³/mol. The smallest absolute Gasteiger partial charge is 1.00 e. The van der Waals surface area contributed by atoms with E-state index in [1.165, 1.54) is 0 Å². The molecule has 32 valence electrons. The van der Waals surface area contributed by atoms with Crippen molar-refractivity contribution in [2.75, 3.05) is 0 Å². The van der Waals surface area contributed by atoms with E-state index in [9.17, 15) is 0 Å². The molecule has 0 bridgehead atoms. The van der Waals surface area contributed by atoms with Crippen LogP contribution in [0.15, 0.2) is 0 Å². The molecule has 0 saturated heterocycles. The predicted octanol–water partition coefficient (Wildman–Crippen LogP) is -12.0. The largest absolute Gasteiger partial charge is 3.00 e.